The molecule has 17 heavy (non-hydrogen) atoms. The van der Waals surface area contributed by atoms with Crippen LogP contribution in [-0.4, -0.2) is 14.8 Å². The number of nitrogens with one attached hydrogen (secondary N) is 1. The van der Waals surface area contributed by atoms with E-state index >= 15 is 0 Å². The van der Waals surface area contributed by atoms with Gasteiger partial charge >= 0.3 is 0 Å². The lowest BCUT2D eigenvalue weighted by atomic mass is 10.2. The van der Waals surface area contributed by atoms with Crippen molar-refractivity contribution in [2.45, 2.75) is 13.5 Å². The SMILES string of the molecule is Cc1cc(C#N)cc(NCc2cnn(C)c2)n1. The van der Waals surface area contributed by atoms with Crippen molar-refractivity contribution in [2.75, 3.05) is 5.32 Å². The van der Waals surface area contributed by atoms with Gasteiger partial charge in [-0.15, -0.1) is 0 Å². The number of aryl methyl sites for hydroxylation is 2. The highest BCUT2D eigenvalue weighted by molar-refractivity contribution is 5.44. The second-order valence-corrected chi connectivity index (χ2v) is 3.87. The van der Waals surface area contributed by atoms with Crippen LogP contribution in [0.25, 0.3) is 0 Å². The summed E-state index contributed by atoms with van der Waals surface area (Å²) in [5.74, 6) is 0.713. The first-order valence-corrected chi connectivity index (χ1v) is 5.27. The van der Waals surface area contributed by atoms with Gasteiger partial charge in [0.15, 0.2) is 0 Å². The third kappa shape index (κ3) is 2.82. The van der Waals surface area contributed by atoms with Gasteiger partial charge in [0.25, 0.3) is 0 Å². The average Bonchev–Trinajstić information content (AvgIpc) is 2.72. The molecule has 2 aromatic heterocycles. The normalized spacial score (nSPS) is 9.94. The number of nitriles is 1. The third-order valence-electron chi connectivity index (χ3n) is 2.31. The zero-order valence-electron chi connectivity index (χ0n) is 9.81. The molecule has 0 radical (unpaired) electrons. The number of aromatic nitrogens is 3. The largest absolute Gasteiger partial charge is 0.366 e. The molecule has 1 N–H and O–H groups in total. The molecule has 0 saturated heterocycles. The van der Waals surface area contributed by atoms with E-state index in [2.05, 4.69) is 21.5 Å². The summed E-state index contributed by atoms with van der Waals surface area (Å²) >= 11 is 0. The predicted octanol–water partition coefficient (Wildman–Crippen LogP) is 1.61. The number of pyridine rings is 1. The first-order chi connectivity index (χ1) is 8.17. The van der Waals surface area contributed by atoms with Crippen LogP contribution in [0, 0.1) is 18.3 Å². The van der Waals surface area contributed by atoms with Crippen molar-refractivity contribution in [2.24, 2.45) is 7.05 Å². The third-order valence-corrected chi connectivity index (χ3v) is 2.31. The Morgan fingerprint density at radius 2 is 2.29 bits per heavy atom. The smallest absolute Gasteiger partial charge is 0.127 e. The van der Waals surface area contributed by atoms with Crippen molar-refractivity contribution in [3.63, 3.8) is 0 Å². The highest BCUT2D eigenvalue weighted by Crippen LogP contribution is 2.10. The molecule has 0 fully saturated rings. The molecule has 0 bridgehead atoms. The summed E-state index contributed by atoms with van der Waals surface area (Å²) in [5.41, 5.74) is 2.53. The summed E-state index contributed by atoms with van der Waals surface area (Å²) in [5, 5.41) is 16.1. The highest BCUT2D eigenvalue weighted by Gasteiger charge is 2.00. The first-order valence-electron chi connectivity index (χ1n) is 5.27. The van der Waals surface area contributed by atoms with Gasteiger partial charge in [-0.05, 0) is 19.1 Å². The van der Waals surface area contributed by atoms with Crippen LogP contribution < -0.4 is 5.32 Å². The number of rotatable bonds is 3. The van der Waals surface area contributed by atoms with Crippen LogP contribution in [0.1, 0.15) is 16.8 Å². The molecular weight excluding hydrogens is 214 g/mol. The molecule has 2 heterocycles. The van der Waals surface area contributed by atoms with Crippen molar-refractivity contribution in [3.8, 4) is 6.07 Å². The van der Waals surface area contributed by atoms with Crippen molar-refractivity contribution in [1.29, 1.82) is 5.26 Å². The lowest BCUT2D eigenvalue weighted by Crippen LogP contribution is -2.02. The topological polar surface area (TPSA) is 66.5 Å². The Bertz CT molecular complexity index is 565. The van der Waals surface area contributed by atoms with Crippen molar-refractivity contribution in [3.05, 3.63) is 41.3 Å². The van der Waals surface area contributed by atoms with Gasteiger partial charge < -0.3 is 5.32 Å². The molecule has 2 rings (SSSR count). The maximum atomic E-state index is 8.86. The minimum Gasteiger partial charge on any atom is -0.366 e. The molecule has 0 amide bonds. The maximum absolute atomic E-state index is 8.86. The molecule has 2 aromatic rings. The fraction of sp³-hybridized carbons (Fsp3) is 0.250. The Labute approximate surface area is 99.7 Å². The summed E-state index contributed by atoms with van der Waals surface area (Å²) in [6, 6.07) is 5.61. The van der Waals surface area contributed by atoms with Crippen LogP contribution in [-0.2, 0) is 13.6 Å². The van der Waals surface area contributed by atoms with E-state index in [9.17, 15) is 0 Å². The first kappa shape index (κ1) is 11.1. The zero-order chi connectivity index (χ0) is 12.3. The molecule has 0 aliphatic rings. The van der Waals surface area contributed by atoms with Gasteiger partial charge in [0, 0.05) is 31.0 Å². The van der Waals surface area contributed by atoms with E-state index in [0.717, 1.165) is 11.3 Å². The Balaban J connectivity index is 2.09. The molecule has 0 saturated carbocycles. The molecule has 0 spiro atoms. The molecule has 5 heteroatoms. The maximum Gasteiger partial charge on any atom is 0.127 e. The van der Waals surface area contributed by atoms with Crippen molar-refractivity contribution in [1.82, 2.24) is 14.8 Å². The fourth-order valence-corrected chi connectivity index (χ4v) is 1.58. The lowest BCUT2D eigenvalue weighted by molar-refractivity contribution is 0.767. The van der Waals surface area contributed by atoms with Gasteiger partial charge in [-0.3, -0.25) is 4.68 Å². The average molecular weight is 227 g/mol. The summed E-state index contributed by atoms with van der Waals surface area (Å²) in [4.78, 5) is 4.31. The Morgan fingerprint density at radius 1 is 1.47 bits per heavy atom. The zero-order valence-corrected chi connectivity index (χ0v) is 9.81. The number of nitrogens with zero attached hydrogens (tertiary/aromatic N) is 4. The van der Waals surface area contributed by atoms with Crippen molar-refractivity contribution >= 4 is 5.82 Å². The Hall–Kier alpha value is -2.35. The lowest BCUT2D eigenvalue weighted by Gasteiger charge is -2.05. The Morgan fingerprint density at radius 3 is 2.94 bits per heavy atom. The van der Waals surface area contributed by atoms with Gasteiger partial charge in [0.2, 0.25) is 0 Å². The quantitative estimate of drug-likeness (QED) is 0.865. The van der Waals surface area contributed by atoms with Gasteiger partial charge in [-0.1, -0.05) is 0 Å². The van der Waals surface area contributed by atoms with Crippen molar-refractivity contribution < 1.29 is 0 Å². The minimum atomic E-state index is 0.617. The van der Waals surface area contributed by atoms with Crippen LogP contribution in [0.3, 0.4) is 0 Å². The van der Waals surface area contributed by atoms with E-state index in [1.807, 2.05) is 20.2 Å². The van der Waals surface area contributed by atoms with Gasteiger partial charge in [0.05, 0.1) is 17.8 Å². The minimum absolute atomic E-state index is 0.617. The van der Waals surface area contributed by atoms with Gasteiger partial charge in [-0.25, -0.2) is 4.98 Å². The highest BCUT2D eigenvalue weighted by atomic mass is 15.2. The molecule has 0 aromatic carbocycles. The van der Waals surface area contributed by atoms with Crippen LogP contribution in [0.4, 0.5) is 5.82 Å². The fourth-order valence-electron chi connectivity index (χ4n) is 1.58. The van der Waals surface area contributed by atoms with Crippen LogP contribution in [0.15, 0.2) is 24.5 Å². The van der Waals surface area contributed by atoms with Crippen LogP contribution >= 0.6 is 0 Å². The van der Waals surface area contributed by atoms with E-state index in [4.69, 9.17) is 5.26 Å². The number of hydrogen-bond donors (Lipinski definition) is 1. The van der Waals surface area contributed by atoms with Gasteiger partial charge in [-0.2, -0.15) is 10.4 Å². The number of hydrogen-bond acceptors (Lipinski definition) is 4. The number of anilines is 1. The molecule has 0 aliphatic carbocycles. The molecule has 0 atom stereocenters. The van der Waals surface area contributed by atoms with E-state index in [0.29, 0.717) is 17.9 Å². The summed E-state index contributed by atoms with van der Waals surface area (Å²) in [6.45, 7) is 2.52. The second kappa shape index (κ2) is 4.66. The van der Waals surface area contributed by atoms with Crippen LogP contribution in [0.5, 0.6) is 0 Å². The Kier molecular flexibility index (Phi) is 3.06. The van der Waals surface area contributed by atoms with Crippen LogP contribution in [0.2, 0.25) is 0 Å². The summed E-state index contributed by atoms with van der Waals surface area (Å²) in [6.07, 6.45) is 3.74. The molecular formula is C12H13N5. The molecule has 86 valence electrons. The molecule has 5 nitrogen and oxygen atoms in total. The van der Waals surface area contributed by atoms with E-state index in [1.165, 1.54) is 0 Å². The predicted molar refractivity (Wildman–Crippen MR) is 64.2 cm³/mol. The molecule has 0 aliphatic heterocycles. The van der Waals surface area contributed by atoms with E-state index in [1.54, 1.807) is 23.0 Å². The monoisotopic (exact) mass is 227 g/mol. The standard InChI is InChI=1S/C12H13N5/c1-9-3-10(5-13)4-12(16-9)14-6-11-7-15-17(2)8-11/h3-4,7-8H,6H2,1-2H3,(H,14,16). The van der Waals surface area contributed by atoms with E-state index < -0.39 is 0 Å². The van der Waals surface area contributed by atoms with E-state index in [-0.39, 0.29) is 0 Å². The second-order valence-electron chi connectivity index (χ2n) is 3.87. The summed E-state index contributed by atoms with van der Waals surface area (Å²) < 4.78 is 1.75. The van der Waals surface area contributed by atoms with Gasteiger partial charge in [0.1, 0.15) is 5.82 Å². The summed E-state index contributed by atoms with van der Waals surface area (Å²) in [7, 11) is 1.88. The molecule has 0 unspecified atom stereocenters.